The third-order valence-corrected chi connectivity index (χ3v) is 14.6. The summed E-state index contributed by atoms with van der Waals surface area (Å²) >= 11 is 0. The highest BCUT2D eigenvalue weighted by molar-refractivity contribution is 5.90. The van der Waals surface area contributed by atoms with Crippen LogP contribution in [0.2, 0.25) is 0 Å². The van der Waals surface area contributed by atoms with Crippen LogP contribution in [0.5, 0.6) is 0 Å². The van der Waals surface area contributed by atoms with Crippen molar-refractivity contribution >= 4 is 46.1 Å². The molecule has 9 rings (SSSR count). The van der Waals surface area contributed by atoms with Crippen LogP contribution < -0.4 is 10.6 Å². The van der Waals surface area contributed by atoms with Gasteiger partial charge in [0, 0.05) is 13.1 Å². The zero-order valence-corrected chi connectivity index (χ0v) is 38.0. The number of nitrogens with one attached hydrogen (secondary N) is 4. The van der Waals surface area contributed by atoms with Crippen LogP contribution >= 0.6 is 0 Å². The minimum Gasteiger partial charge on any atom is -0.453 e. The number of likely N-dealkylation sites (tertiary alicyclic amines) is 2. The van der Waals surface area contributed by atoms with Gasteiger partial charge < -0.3 is 39.9 Å². The van der Waals surface area contributed by atoms with E-state index in [0.29, 0.717) is 13.1 Å². The van der Waals surface area contributed by atoms with Crippen LogP contribution in [0.25, 0.3) is 44.3 Å². The van der Waals surface area contributed by atoms with Crippen LogP contribution in [0.4, 0.5) is 9.59 Å². The highest BCUT2D eigenvalue weighted by atomic mass is 16.5. The molecule has 0 radical (unpaired) electrons. The lowest BCUT2D eigenvalue weighted by Gasteiger charge is -2.33. The number of carbonyl (C=O) groups is 4. The van der Waals surface area contributed by atoms with Crippen LogP contribution in [0.1, 0.15) is 120 Å². The smallest absolute Gasteiger partial charge is 0.407 e. The maximum atomic E-state index is 13.9. The Labute approximate surface area is 374 Å². The standard InChI is InChI=1S/C50H62N8O6/c1-28(2)42(55-48(61)63-5)46(59)57-22-10-12-40(57)44-51-36-18-14-30(24-38(36)53-44)32-16-17-33(35-27-50(26-34(32)35)20-8-7-9-21-50)31-15-19-37-39(25-31)54-45(52-37)41-13-11-23-58(41)47(60)43(29(3)4)56-49(62)64-6/h14-19,24-25,28-29,40-43H,7-13,20-23,26-27H2,1-6H3,(H,51,53)(H,52,54)(H,55,61)(H,56,62)/t40?,41?,42-,43-/m0/s1. The van der Waals surface area contributed by atoms with E-state index >= 15 is 0 Å². The molecule has 2 saturated heterocycles. The second kappa shape index (κ2) is 17.6. The molecule has 4 N–H and O–H groups in total. The maximum absolute atomic E-state index is 13.9. The molecule has 14 nitrogen and oxygen atoms in total. The highest BCUT2D eigenvalue weighted by Gasteiger charge is 2.42. The first-order valence-electron chi connectivity index (χ1n) is 23.3. The Hall–Kier alpha value is -5.92. The molecule has 2 unspecified atom stereocenters. The average Bonchev–Trinajstić information content (AvgIpc) is 4.15. The molecule has 2 aromatic heterocycles. The van der Waals surface area contributed by atoms with E-state index in [1.54, 1.807) is 0 Å². The number of alkyl carbamates (subject to hydrolysis) is 2. The number of imidazole rings is 2. The van der Waals surface area contributed by atoms with Gasteiger partial charge in [-0.05, 0) is 126 Å². The van der Waals surface area contributed by atoms with Crippen molar-refractivity contribution in [1.82, 2.24) is 40.4 Å². The Morgan fingerprint density at radius 3 is 1.48 bits per heavy atom. The molecule has 64 heavy (non-hydrogen) atoms. The second-order valence-electron chi connectivity index (χ2n) is 19.3. The number of aromatic amines is 2. The molecule has 5 aromatic rings. The first kappa shape index (κ1) is 43.3. The summed E-state index contributed by atoms with van der Waals surface area (Å²) in [6.07, 6.45) is 10.5. The molecule has 1 spiro atoms. The first-order valence-corrected chi connectivity index (χ1v) is 23.3. The van der Waals surface area contributed by atoms with Crippen LogP contribution in [-0.4, -0.2) is 93.1 Å². The minimum atomic E-state index is -0.692. The fourth-order valence-corrected chi connectivity index (χ4v) is 11.2. The maximum Gasteiger partial charge on any atom is 0.407 e. The molecule has 14 heteroatoms. The molecule has 4 atom stereocenters. The summed E-state index contributed by atoms with van der Waals surface area (Å²) in [6, 6.07) is 15.8. The number of amides is 4. The number of carbonyl (C=O) groups excluding carboxylic acids is 4. The van der Waals surface area contributed by atoms with E-state index in [9.17, 15) is 19.2 Å². The van der Waals surface area contributed by atoms with Gasteiger partial charge in [0.05, 0.1) is 48.4 Å². The summed E-state index contributed by atoms with van der Waals surface area (Å²) < 4.78 is 9.66. The van der Waals surface area contributed by atoms with E-state index in [1.165, 1.54) is 68.6 Å². The van der Waals surface area contributed by atoms with Crippen molar-refractivity contribution in [2.75, 3.05) is 27.3 Å². The fraction of sp³-hybridized carbons (Fsp3) is 0.520. The number of aromatic nitrogens is 4. The number of methoxy groups -OCH3 is 2. The Balaban J connectivity index is 1.02. The van der Waals surface area contributed by atoms with Crippen molar-refractivity contribution < 1.29 is 28.7 Å². The number of H-pyrrole nitrogens is 2. The molecule has 2 aliphatic heterocycles. The quantitative estimate of drug-likeness (QED) is 0.108. The van der Waals surface area contributed by atoms with E-state index in [4.69, 9.17) is 19.4 Å². The first-order chi connectivity index (χ1) is 30.9. The number of fused-ring (bicyclic) bond motifs is 3. The number of hydrogen-bond donors (Lipinski definition) is 4. The third-order valence-electron chi connectivity index (χ3n) is 14.6. The third kappa shape index (κ3) is 8.08. The van der Waals surface area contributed by atoms with E-state index in [-0.39, 0.29) is 41.1 Å². The Kier molecular flexibility index (Phi) is 11.9. The van der Waals surface area contributed by atoms with Gasteiger partial charge in [0.15, 0.2) is 0 Å². The van der Waals surface area contributed by atoms with Crippen molar-refractivity contribution in [3.63, 3.8) is 0 Å². The molecular weight excluding hydrogens is 809 g/mol. The molecule has 4 amide bonds. The monoisotopic (exact) mass is 870 g/mol. The summed E-state index contributed by atoms with van der Waals surface area (Å²) in [5, 5.41) is 5.49. The molecule has 4 aliphatic rings. The lowest BCUT2D eigenvalue weighted by Crippen LogP contribution is -2.51. The lowest BCUT2D eigenvalue weighted by molar-refractivity contribution is -0.136. The van der Waals surface area contributed by atoms with Crippen molar-refractivity contribution in [3.8, 4) is 22.3 Å². The van der Waals surface area contributed by atoms with Gasteiger partial charge in [-0.1, -0.05) is 71.2 Å². The topological polar surface area (TPSA) is 175 Å². The fourth-order valence-electron chi connectivity index (χ4n) is 11.2. The average molecular weight is 871 g/mol. The summed E-state index contributed by atoms with van der Waals surface area (Å²) in [7, 11) is 2.62. The largest absolute Gasteiger partial charge is 0.453 e. The van der Waals surface area contributed by atoms with Gasteiger partial charge >= 0.3 is 12.2 Å². The number of hydrogen-bond acceptors (Lipinski definition) is 8. The summed E-state index contributed by atoms with van der Waals surface area (Å²) in [6.45, 7) is 8.90. The lowest BCUT2D eigenvalue weighted by atomic mass is 9.72. The van der Waals surface area contributed by atoms with Crippen molar-refractivity contribution in [2.24, 2.45) is 17.3 Å². The zero-order chi connectivity index (χ0) is 44.9. The zero-order valence-electron chi connectivity index (χ0n) is 38.0. The van der Waals surface area contributed by atoms with Gasteiger partial charge in [-0.2, -0.15) is 0 Å². The molecule has 3 fully saturated rings. The van der Waals surface area contributed by atoms with Crippen LogP contribution in [-0.2, 0) is 31.9 Å². The predicted molar refractivity (Wildman–Crippen MR) is 245 cm³/mol. The SMILES string of the molecule is COC(=O)N[C@H](C(=O)N1CCCC1c1nc2ccc(-c3ccc(-c4ccc5nc(C6CCCN6C(=O)[C@@H](NC(=O)OC)C(C)C)[nH]c5c4)c4c3CC3(CCCCC3)C4)cc2[nH]1)C(C)C. The van der Waals surface area contributed by atoms with Crippen molar-refractivity contribution in [1.29, 1.82) is 0 Å². The summed E-state index contributed by atoms with van der Waals surface area (Å²) in [4.78, 5) is 73.0. The molecular formula is C50H62N8O6. The molecule has 338 valence electrons. The van der Waals surface area contributed by atoms with Crippen molar-refractivity contribution in [2.45, 2.75) is 122 Å². The van der Waals surface area contributed by atoms with Crippen LogP contribution in [0.3, 0.4) is 0 Å². The molecule has 0 bridgehead atoms. The molecule has 1 saturated carbocycles. The van der Waals surface area contributed by atoms with Gasteiger partial charge in [-0.15, -0.1) is 0 Å². The highest BCUT2D eigenvalue weighted by Crippen LogP contribution is 2.52. The van der Waals surface area contributed by atoms with E-state index in [1.807, 2.05) is 37.5 Å². The van der Waals surface area contributed by atoms with Gasteiger partial charge in [-0.25, -0.2) is 19.6 Å². The summed E-state index contributed by atoms with van der Waals surface area (Å²) in [5.74, 6) is 1.06. The number of nitrogens with zero attached hydrogens (tertiary/aromatic N) is 4. The molecule has 4 heterocycles. The number of benzene rings is 3. The number of rotatable bonds is 10. The van der Waals surface area contributed by atoms with Crippen LogP contribution in [0.15, 0.2) is 48.5 Å². The Morgan fingerprint density at radius 1 is 0.641 bits per heavy atom. The van der Waals surface area contributed by atoms with Gasteiger partial charge in [0.1, 0.15) is 23.7 Å². The Bertz CT molecular complexity index is 2420. The Morgan fingerprint density at radius 2 is 1.08 bits per heavy atom. The van der Waals surface area contributed by atoms with Gasteiger partial charge in [0.25, 0.3) is 0 Å². The normalized spacial score (nSPS) is 20.3. The minimum absolute atomic E-state index is 0.109. The van der Waals surface area contributed by atoms with Gasteiger partial charge in [-0.3, -0.25) is 9.59 Å². The van der Waals surface area contributed by atoms with Gasteiger partial charge in [0.2, 0.25) is 11.8 Å². The van der Waals surface area contributed by atoms with Crippen LogP contribution in [0, 0.1) is 17.3 Å². The number of ether oxygens (including phenoxy) is 2. The second-order valence-corrected chi connectivity index (χ2v) is 19.3. The predicted octanol–water partition coefficient (Wildman–Crippen LogP) is 8.91. The van der Waals surface area contributed by atoms with E-state index in [2.05, 4.69) is 69.1 Å². The van der Waals surface area contributed by atoms with Crippen molar-refractivity contribution in [3.05, 3.63) is 71.3 Å². The molecule has 2 aliphatic carbocycles. The molecule has 3 aromatic carbocycles. The van der Waals surface area contributed by atoms with E-state index < -0.39 is 24.3 Å². The summed E-state index contributed by atoms with van der Waals surface area (Å²) in [5.41, 5.74) is 11.5. The van der Waals surface area contributed by atoms with E-state index in [0.717, 1.165) is 83.4 Å².